The molecule has 1 N–H and O–H groups in total. The zero-order valence-electron chi connectivity index (χ0n) is 14.3. The Hall–Kier alpha value is -2.07. The van der Waals surface area contributed by atoms with E-state index < -0.39 is 17.7 Å². The van der Waals surface area contributed by atoms with Crippen molar-refractivity contribution in [3.63, 3.8) is 0 Å². The van der Waals surface area contributed by atoms with Gasteiger partial charge in [0.15, 0.2) is 6.10 Å². The van der Waals surface area contributed by atoms with Crippen LogP contribution >= 0.6 is 0 Å². The zero-order chi connectivity index (χ0) is 17.2. The first kappa shape index (κ1) is 17.3. The highest BCUT2D eigenvalue weighted by Gasteiger charge is 2.32. The lowest BCUT2D eigenvalue weighted by atomic mass is 9.96. The van der Waals surface area contributed by atoms with Gasteiger partial charge in [0.25, 0.3) is 0 Å². The van der Waals surface area contributed by atoms with Gasteiger partial charge in [-0.05, 0) is 45.6 Å². The molecule has 2 rings (SSSR count). The second-order valence-corrected chi connectivity index (χ2v) is 6.54. The normalized spacial score (nSPS) is 13.1. The van der Waals surface area contributed by atoms with E-state index in [1.165, 1.54) is 0 Å². The van der Waals surface area contributed by atoms with E-state index in [-0.39, 0.29) is 12.4 Å². The van der Waals surface area contributed by atoms with Crippen LogP contribution < -0.4 is 0 Å². The number of carbonyl (C=O) groups excluding carboxylic acids is 1. The molecule has 0 fully saturated rings. The minimum Gasteiger partial charge on any atom is -0.507 e. The average molecular weight is 316 g/mol. The van der Waals surface area contributed by atoms with Crippen molar-refractivity contribution in [2.24, 2.45) is 0 Å². The summed E-state index contributed by atoms with van der Waals surface area (Å²) < 4.78 is 11.1. The number of hydrogen-bond donors (Lipinski definition) is 1. The van der Waals surface area contributed by atoms with Gasteiger partial charge in [-0.15, -0.1) is 0 Å². The monoisotopic (exact) mass is 316 g/mol. The predicted molar refractivity (Wildman–Crippen MR) is 90.6 cm³/mol. The van der Waals surface area contributed by atoms with E-state index in [2.05, 4.69) is 0 Å². The zero-order valence-corrected chi connectivity index (χ0v) is 14.3. The molecule has 0 aliphatic rings. The molecule has 0 saturated carbocycles. The quantitative estimate of drug-likeness (QED) is 0.856. The van der Waals surface area contributed by atoms with Crippen molar-refractivity contribution < 1.29 is 19.4 Å². The third kappa shape index (κ3) is 3.82. The number of ether oxygens (including phenoxy) is 2. The van der Waals surface area contributed by atoms with E-state index in [1.807, 2.05) is 58.0 Å². The summed E-state index contributed by atoms with van der Waals surface area (Å²) in [6.45, 7) is 9.47. The van der Waals surface area contributed by atoms with Crippen LogP contribution in [0.25, 0.3) is 10.8 Å². The first-order valence-electron chi connectivity index (χ1n) is 7.80. The van der Waals surface area contributed by atoms with Crippen LogP contribution in [0.3, 0.4) is 0 Å². The number of aryl methyl sites for hydroxylation is 1. The molecular weight excluding hydrogens is 292 g/mol. The Morgan fingerprint density at radius 1 is 1.26 bits per heavy atom. The maximum absolute atomic E-state index is 12.4. The lowest BCUT2D eigenvalue weighted by molar-refractivity contribution is -0.167. The fraction of sp³-hybridized carbons (Fsp3) is 0.421. The average Bonchev–Trinajstić information content (AvgIpc) is 2.45. The number of rotatable bonds is 4. The van der Waals surface area contributed by atoms with Crippen LogP contribution in [0, 0.1) is 6.92 Å². The van der Waals surface area contributed by atoms with E-state index in [1.54, 1.807) is 6.92 Å². The van der Waals surface area contributed by atoms with Gasteiger partial charge in [0.2, 0.25) is 0 Å². The molecule has 0 radical (unpaired) electrons. The molecule has 124 valence electrons. The molecular formula is C19H24O4. The van der Waals surface area contributed by atoms with Crippen molar-refractivity contribution in [1.29, 1.82) is 0 Å². The fourth-order valence-corrected chi connectivity index (χ4v) is 2.61. The minimum absolute atomic E-state index is 0.0721. The Morgan fingerprint density at radius 3 is 2.52 bits per heavy atom. The molecule has 0 heterocycles. The van der Waals surface area contributed by atoms with Crippen LogP contribution in [0.1, 0.15) is 44.9 Å². The van der Waals surface area contributed by atoms with Crippen LogP contribution in [-0.2, 0) is 14.3 Å². The molecule has 0 saturated heterocycles. The number of esters is 1. The summed E-state index contributed by atoms with van der Waals surface area (Å²) >= 11 is 0. The van der Waals surface area contributed by atoms with Crippen molar-refractivity contribution in [3.05, 3.63) is 41.5 Å². The van der Waals surface area contributed by atoms with Gasteiger partial charge in [-0.25, -0.2) is 4.79 Å². The molecule has 0 aromatic heterocycles. The third-order valence-corrected chi connectivity index (χ3v) is 3.50. The molecule has 0 unspecified atom stereocenters. The minimum atomic E-state index is -0.959. The number of phenols is 1. The highest BCUT2D eigenvalue weighted by molar-refractivity contribution is 5.92. The molecule has 2 aromatic carbocycles. The summed E-state index contributed by atoms with van der Waals surface area (Å²) in [6.07, 6.45) is -0.959. The number of phenolic OH excluding ortho intramolecular Hbond substituents is 1. The standard InChI is InChI=1S/C19H24O4/c1-6-22-18(21)17(23-19(3,4)5)15-12(2)11-13-9-7-8-10-14(13)16(15)20/h7-11,17,20H,6H2,1-5H3/t17-/m0/s1. The molecule has 4 nitrogen and oxygen atoms in total. The lowest BCUT2D eigenvalue weighted by Crippen LogP contribution is -2.29. The van der Waals surface area contributed by atoms with Crippen LogP contribution in [0.4, 0.5) is 0 Å². The van der Waals surface area contributed by atoms with Crippen LogP contribution in [0.15, 0.2) is 30.3 Å². The summed E-state index contributed by atoms with van der Waals surface area (Å²) in [5, 5.41) is 12.3. The first-order chi connectivity index (χ1) is 10.7. The molecule has 2 aromatic rings. The van der Waals surface area contributed by atoms with Gasteiger partial charge >= 0.3 is 5.97 Å². The molecule has 0 bridgehead atoms. The number of fused-ring (bicyclic) bond motifs is 1. The number of aromatic hydroxyl groups is 1. The van der Waals surface area contributed by atoms with Gasteiger partial charge in [0.1, 0.15) is 5.75 Å². The Balaban J connectivity index is 2.62. The number of carbonyl (C=O) groups is 1. The summed E-state index contributed by atoms with van der Waals surface area (Å²) in [7, 11) is 0. The number of benzene rings is 2. The van der Waals surface area contributed by atoms with Crippen molar-refractivity contribution in [2.75, 3.05) is 6.61 Å². The van der Waals surface area contributed by atoms with E-state index in [0.717, 1.165) is 10.9 Å². The Kier molecular flexibility index (Phi) is 4.95. The highest BCUT2D eigenvalue weighted by atomic mass is 16.6. The van der Waals surface area contributed by atoms with Gasteiger partial charge in [-0.3, -0.25) is 0 Å². The second-order valence-electron chi connectivity index (χ2n) is 6.54. The second kappa shape index (κ2) is 6.59. The van der Waals surface area contributed by atoms with Gasteiger partial charge < -0.3 is 14.6 Å². The smallest absolute Gasteiger partial charge is 0.340 e. The maximum Gasteiger partial charge on any atom is 0.340 e. The lowest BCUT2D eigenvalue weighted by Gasteiger charge is -2.28. The molecule has 0 aliphatic heterocycles. The first-order valence-corrected chi connectivity index (χ1v) is 7.80. The van der Waals surface area contributed by atoms with Gasteiger partial charge in [-0.2, -0.15) is 0 Å². The van der Waals surface area contributed by atoms with E-state index >= 15 is 0 Å². The van der Waals surface area contributed by atoms with Crippen LogP contribution in [0.2, 0.25) is 0 Å². The van der Waals surface area contributed by atoms with E-state index in [0.29, 0.717) is 10.9 Å². The summed E-state index contributed by atoms with van der Waals surface area (Å²) in [5.41, 5.74) is 0.711. The summed E-state index contributed by atoms with van der Waals surface area (Å²) in [4.78, 5) is 12.4. The summed E-state index contributed by atoms with van der Waals surface area (Å²) in [5.74, 6) is -0.418. The molecule has 1 atom stereocenters. The molecule has 0 aliphatic carbocycles. The van der Waals surface area contributed by atoms with E-state index in [9.17, 15) is 9.90 Å². The molecule has 23 heavy (non-hydrogen) atoms. The van der Waals surface area contributed by atoms with Crippen LogP contribution in [-0.4, -0.2) is 23.3 Å². The van der Waals surface area contributed by atoms with Gasteiger partial charge in [0.05, 0.1) is 12.2 Å². The number of hydrogen-bond acceptors (Lipinski definition) is 4. The molecule has 0 spiro atoms. The maximum atomic E-state index is 12.4. The van der Waals surface area contributed by atoms with Crippen molar-refractivity contribution in [2.45, 2.75) is 46.3 Å². The fourth-order valence-electron chi connectivity index (χ4n) is 2.61. The summed E-state index contributed by atoms with van der Waals surface area (Å²) in [6, 6.07) is 9.46. The Morgan fingerprint density at radius 2 is 1.91 bits per heavy atom. The van der Waals surface area contributed by atoms with Gasteiger partial charge in [-0.1, -0.05) is 30.3 Å². The van der Waals surface area contributed by atoms with Crippen LogP contribution in [0.5, 0.6) is 5.75 Å². The highest BCUT2D eigenvalue weighted by Crippen LogP contribution is 2.39. The Labute approximate surface area is 137 Å². The van der Waals surface area contributed by atoms with Gasteiger partial charge in [0, 0.05) is 10.9 Å². The largest absolute Gasteiger partial charge is 0.507 e. The molecule has 4 heteroatoms. The topological polar surface area (TPSA) is 55.8 Å². The van der Waals surface area contributed by atoms with E-state index in [4.69, 9.17) is 9.47 Å². The third-order valence-electron chi connectivity index (χ3n) is 3.50. The Bertz CT molecular complexity index is 713. The molecule has 0 amide bonds. The predicted octanol–water partition coefficient (Wildman–Crippen LogP) is 4.27. The van der Waals surface area contributed by atoms with Crippen molar-refractivity contribution in [1.82, 2.24) is 0 Å². The van der Waals surface area contributed by atoms with Crippen molar-refractivity contribution in [3.8, 4) is 5.75 Å². The SMILES string of the molecule is CCOC(=O)[C@@H](OC(C)(C)C)c1c(C)cc2ccccc2c1O. The van der Waals surface area contributed by atoms with Crippen molar-refractivity contribution >= 4 is 16.7 Å².